The number of benzene rings is 2. The first-order valence-electron chi connectivity index (χ1n) is 11.0. The zero-order valence-corrected chi connectivity index (χ0v) is 20.7. The molecule has 0 saturated carbocycles. The zero-order chi connectivity index (χ0) is 25.2. The van der Waals surface area contributed by atoms with Gasteiger partial charge in [-0.2, -0.15) is 0 Å². The first kappa shape index (κ1) is 26.1. The smallest absolute Gasteiger partial charge is 0.337 e. The van der Waals surface area contributed by atoms with Gasteiger partial charge in [0, 0.05) is 18.5 Å². The average molecular weight is 512 g/mol. The van der Waals surface area contributed by atoms with Crippen molar-refractivity contribution >= 4 is 58.1 Å². The van der Waals surface area contributed by atoms with Crippen molar-refractivity contribution in [2.45, 2.75) is 25.7 Å². The highest BCUT2D eigenvalue weighted by molar-refractivity contribution is 8.26. The highest BCUT2D eigenvalue weighted by atomic mass is 32.2. The van der Waals surface area contributed by atoms with Gasteiger partial charge in [-0.05, 0) is 48.7 Å². The molecule has 3 amide bonds. The predicted molar refractivity (Wildman–Crippen MR) is 138 cm³/mol. The Hall–Kier alpha value is -3.50. The largest absolute Gasteiger partial charge is 0.465 e. The van der Waals surface area contributed by atoms with Crippen LogP contribution in [0.4, 0.5) is 0 Å². The second kappa shape index (κ2) is 12.8. The fourth-order valence-corrected chi connectivity index (χ4v) is 4.57. The summed E-state index contributed by atoms with van der Waals surface area (Å²) >= 11 is 6.60. The van der Waals surface area contributed by atoms with Gasteiger partial charge in [0.05, 0.1) is 17.6 Å². The van der Waals surface area contributed by atoms with E-state index in [9.17, 15) is 19.2 Å². The van der Waals surface area contributed by atoms with Crippen LogP contribution in [0.3, 0.4) is 0 Å². The predicted octanol–water partition coefficient (Wildman–Crippen LogP) is 3.70. The molecule has 2 aromatic rings. The van der Waals surface area contributed by atoms with Gasteiger partial charge in [-0.25, -0.2) is 4.79 Å². The molecule has 0 aliphatic carbocycles. The molecule has 0 radical (unpaired) electrons. The summed E-state index contributed by atoms with van der Waals surface area (Å²) in [5.74, 6) is -1.22. The normalized spacial score (nSPS) is 14.2. The second-order valence-electron chi connectivity index (χ2n) is 7.63. The molecule has 1 aliphatic heterocycles. The third kappa shape index (κ3) is 7.49. The van der Waals surface area contributed by atoms with Crippen LogP contribution >= 0.6 is 24.0 Å². The number of nitrogens with zero attached hydrogens (tertiary/aromatic N) is 1. The van der Waals surface area contributed by atoms with Crippen LogP contribution in [0.1, 0.15) is 52.0 Å². The molecule has 182 valence electrons. The van der Waals surface area contributed by atoms with E-state index in [0.717, 1.165) is 12.0 Å². The third-order valence-electron chi connectivity index (χ3n) is 5.14. The Balaban J connectivity index is 1.38. The van der Waals surface area contributed by atoms with E-state index >= 15 is 0 Å². The molecular weight excluding hydrogens is 486 g/mol. The molecule has 3 rings (SSSR count). The molecule has 1 fully saturated rings. The molecule has 0 atom stereocenters. The van der Waals surface area contributed by atoms with Gasteiger partial charge in [-0.15, -0.1) is 0 Å². The van der Waals surface area contributed by atoms with E-state index in [1.165, 1.54) is 18.9 Å². The van der Waals surface area contributed by atoms with Gasteiger partial charge in [0.2, 0.25) is 5.91 Å². The van der Waals surface area contributed by atoms with Crippen LogP contribution in [0.5, 0.6) is 0 Å². The quantitative estimate of drug-likeness (QED) is 0.174. The van der Waals surface area contributed by atoms with Crippen molar-refractivity contribution < 1.29 is 23.9 Å². The second-order valence-corrected chi connectivity index (χ2v) is 9.30. The van der Waals surface area contributed by atoms with E-state index in [2.05, 4.69) is 15.6 Å². The number of thioether (sulfide) groups is 1. The summed E-state index contributed by atoms with van der Waals surface area (Å²) in [6, 6.07) is 15.4. The maximum absolute atomic E-state index is 12.8. The Bertz CT molecular complexity index is 1130. The van der Waals surface area contributed by atoms with Crippen LogP contribution in [0, 0.1) is 0 Å². The van der Waals surface area contributed by atoms with Gasteiger partial charge in [-0.1, -0.05) is 60.7 Å². The number of rotatable bonds is 9. The van der Waals surface area contributed by atoms with Gasteiger partial charge in [0.25, 0.3) is 11.8 Å². The van der Waals surface area contributed by atoms with Crippen molar-refractivity contribution in [3.8, 4) is 0 Å². The van der Waals surface area contributed by atoms with E-state index in [1.54, 1.807) is 65.6 Å². The maximum atomic E-state index is 12.8. The molecule has 0 aromatic heterocycles. The number of carbonyl (C=O) groups is 4. The Morgan fingerprint density at radius 2 is 1.69 bits per heavy atom. The molecule has 8 nitrogen and oxygen atoms in total. The zero-order valence-electron chi connectivity index (χ0n) is 19.1. The number of carbonyl (C=O) groups excluding carboxylic acids is 4. The first-order chi connectivity index (χ1) is 16.9. The standard InChI is InChI=1S/C25H25N3O5S2/c1-33-24(32)19-13-11-17(12-14-19)16-20-23(31)28(25(34)35-20)15-7-3-6-10-21(29)26-27-22(30)18-8-4-2-5-9-18/h2,4-5,8-9,11-14,16H,3,6-7,10,15H2,1H3,(H,26,29)(H,27,30)/b20-16-. The molecule has 1 saturated heterocycles. The first-order valence-corrected chi connectivity index (χ1v) is 12.2. The summed E-state index contributed by atoms with van der Waals surface area (Å²) in [5, 5.41) is 0. The summed E-state index contributed by atoms with van der Waals surface area (Å²) in [6.07, 6.45) is 4.04. The van der Waals surface area contributed by atoms with E-state index in [-0.39, 0.29) is 24.1 Å². The summed E-state index contributed by atoms with van der Waals surface area (Å²) in [7, 11) is 1.32. The fourth-order valence-electron chi connectivity index (χ4n) is 3.26. The number of unbranched alkanes of at least 4 members (excludes halogenated alkanes) is 2. The molecule has 1 heterocycles. The van der Waals surface area contributed by atoms with Crippen LogP contribution in [0.25, 0.3) is 6.08 Å². The van der Waals surface area contributed by atoms with Crippen LogP contribution in [-0.4, -0.2) is 46.6 Å². The number of esters is 1. The van der Waals surface area contributed by atoms with Crippen molar-refractivity contribution in [3.63, 3.8) is 0 Å². The van der Waals surface area contributed by atoms with Crippen molar-refractivity contribution in [2.24, 2.45) is 0 Å². The number of hydrazine groups is 1. The number of amides is 3. The lowest BCUT2D eigenvalue weighted by atomic mass is 10.1. The third-order valence-corrected chi connectivity index (χ3v) is 6.52. The highest BCUT2D eigenvalue weighted by Gasteiger charge is 2.31. The molecule has 0 spiro atoms. The minimum absolute atomic E-state index is 0.154. The molecular formula is C25H25N3O5S2. The number of ether oxygens (including phenoxy) is 1. The van der Waals surface area contributed by atoms with Crippen molar-refractivity contribution in [1.29, 1.82) is 0 Å². The summed E-state index contributed by atoms with van der Waals surface area (Å²) < 4.78 is 5.18. The van der Waals surface area contributed by atoms with Crippen molar-refractivity contribution in [1.82, 2.24) is 15.8 Å². The number of nitrogens with one attached hydrogen (secondary N) is 2. The molecule has 1 aliphatic rings. The lowest BCUT2D eigenvalue weighted by Gasteiger charge is -2.14. The lowest BCUT2D eigenvalue weighted by molar-refractivity contribution is -0.123. The number of hydrogen-bond donors (Lipinski definition) is 2. The lowest BCUT2D eigenvalue weighted by Crippen LogP contribution is -2.41. The van der Waals surface area contributed by atoms with Crippen molar-refractivity contribution in [2.75, 3.05) is 13.7 Å². The van der Waals surface area contributed by atoms with Crippen LogP contribution in [-0.2, 0) is 14.3 Å². The Labute approximate surface area is 213 Å². The maximum Gasteiger partial charge on any atom is 0.337 e. The summed E-state index contributed by atoms with van der Waals surface area (Å²) in [4.78, 5) is 50.3. The minimum atomic E-state index is -0.419. The SMILES string of the molecule is COC(=O)c1ccc(/C=C2\SC(=S)N(CCCCCC(=O)NNC(=O)c3ccccc3)C2=O)cc1. The van der Waals surface area contributed by atoms with Gasteiger partial charge >= 0.3 is 5.97 Å². The summed E-state index contributed by atoms with van der Waals surface area (Å²) in [5.41, 5.74) is 6.48. The van der Waals surface area contributed by atoms with E-state index in [4.69, 9.17) is 12.2 Å². The summed E-state index contributed by atoms with van der Waals surface area (Å²) in [6.45, 7) is 0.468. The van der Waals surface area contributed by atoms with Gasteiger partial charge in [0.15, 0.2) is 0 Å². The number of methoxy groups -OCH3 is 1. The minimum Gasteiger partial charge on any atom is -0.465 e. The monoisotopic (exact) mass is 511 g/mol. The van der Waals surface area contributed by atoms with Gasteiger partial charge < -0.3 is 4.74 Å². The van der Waals surface area contributed by atoms with Crippen LogP contribution < -0.4 is 10.9 Å². The molecule has 10 heteroatoms. The van der Waals surface area contributed by atoms with E-state index in [1.807, 2.05) is 0 Å². The van der Waals surface area contributed by atoms with Crippen LogP contribution in [0.15, 0.2) is 59.5 Å². The van der Waals surface area contributed by atoms with E-state index in [0.29, 0.717) is 39.7 Å². The Morgan fingerprint density at radius 3 is 2.37 bits per heavy atom. The molecule has 2 N–H and O–H groups in total. The number of thiocarbonyl (C=S) groups is 1. The number of hydrogen-bond acceptors (Lipinski definition) is 7. The average Bonchev–Trinajstić information content (AvgIpc) is 3.14. The molecule has 2 aromatic carbocycles. The van der Waals surface area contributed by atoms with Crippen molar-refractivity contribution in [3.05, 3.63) is 76.2 Å². The van der Waals surface area contributed by atoms with Gasteiger partial charge in [0.1, 0.15) is 4.32 Å². The fraction of sp³-hybridized carbons (Fsp3) is 0.240. The van der Waals surface area contributed by atoms with Crippen LogP contribution in [0.2, 0.25) is 0 Å². The molecule has 0 unspecified atom stereocenters. The molecule has 35 heavy (non-hydrogen) atoms. The highest BCUT2D eigenvalue weighted by Crippen LogP contribution is 2.32. The van der Waals surface area contributed by atoms with Gasteiger partial charge in [-0.3, -0.25) is 30.1 Å². The Kier molecular flexibility index (Phi) is 9.56. The topological polar surface area (TPSA) is 105 Å². The van der Waals surface area contributed by atoms with E-state index < -0.39 is 5.97 Å². The Morgan fingerprint density at radius 1 is 0.971 bits per heavy atom. The molecule has 0 bridgehead atoms.